The minimum atomic E-state index is 0.397. The molecule has 0 aromatic rings. The van der Waals surface area contributed by atoms with Gasteiger partial charge in [0, 0.05) is 56.2 Å². The van der Waals surface area contributed by atoms with Crippen LogP contribution in [0.4, 0.5) is 0 Å². The molecule has 2 N–H and O–H groups in total. The number of rotatable bonds is 3. The molecule has 0 aromatic carbocycles. The van der Waals surface area contributed by atoms with E-state index in [-0.39, 0.29) is 0 Å². The molecule has 2 heterocycles. The van der Waals surface area contributed by atoms with Crippen LogP contribution in [0, 0.1) is 11.3 Å². The Balaban J connectivity index is 1.19. The molecule has 0 amide bonds. The highest BCUT2D eigenvalue weighted by Gasteiger charge is 2.65. The van der Waals surface area contributed by atoms with Gasteiger partial charge in [0.15, 0.2) is 5.96 Å². The van der Waals surface area contributed by atoms with E-state index in [1.165, 1.54) is 70.9 Å². The number of fused-ring (bicyclic) bond motifs is 2. The van der Waals surface area contributed by atoms with E-state index >= 15 is 0 Å². The smallest absolute Gasteiger partial charge is 0.191 e. The number of guanidine groups is 1. The molecular formula is C20H34N4O. The second-order valence-electron chi connectivity index (χ2n) is 9.06. The molecule has 5 nitrogen and oxygen atoms in total. The standard InChI is InChI=1S/C20H34N4O/c1-21-19(22-14-6-11-24(12-7-14)15-4-5-15)23-17-16-8-13-25-18(16)20(17)9-2-3-10-20/h14-18H,2-13H2,1H3,(H2,21,22,23). The number of ether oxygens (including phenoxy) is 1. The molecule has 0 bridgehead atoms. The van der Waals surface area contributed by atoms with Crippen molar-refractivity contribution in [3.63, 3.8) is 0 Å². The highest BCUT2D eigenvalue weighted by Crippen LogP contribution is 2.60. The van der Waals surface area contributed by atoms with Crippen molar-refractivity contribution in [2.45, 2.75) is 82.0 Å². The maximum Gasteiger partial charge on any atom is 0.191 e. The normalized spacial score (nSPS) is 38.6. The first-order valence-electron chi connectivity index (χ1n) is 10.7. The third kappa shape index (κ3) is 2.78. The zero-order valence-electron chi connectivity index (χ0n) is 15.7. The van der Waals surface area contributed by atoms with Crippen LogP contribution in [-0.4, -0.2) is 61.8 Å². The first kappa shape index (κ1) is 16.4. The maximum atomic E-state index is 6.12. The minimum Gasteiger partial charge on any atom is -0.377 e. The first-order valence-corrected chi connectivity index (χ1v) is 10.7. The summed E-state index contributed by atoms with van der Waals surface area (Å²) >= 11 is 0. The van der Waals surface area contributed by atoms with Gasteiger partial charge in [-0.25, -0.2) is 0 Å². The predicted molar refractivity (Wildman–Crippen MR) is 99.8 cm³/mol. The van der Waals surface area contributed by atoms with Crippen LogP contribution in [0.3, 0.4) is 0 Å². The fourth-order valence-electron chi connectivity index (χ4n) is 6.26. The van der Waals surface area contributed by atoms with Gasteiger partial charge >= 0.3 is 0 Å². The Hall–Kier alpha value is -0.810. The highest BCUT2D eigenvalue weighted by molar-refractivity contribution is 5.80. The summed E-state index contributed by atoms with van der Waals surface area (Å²) in [4.78, 5) is 7.27. The van der Waals surface area contributed by atoms with E-state index < -0.39 is 0 Å². The molecule has 1 spiro atoms. The zero-order chi connectivity index (χ0) is 16.9. The van der Waals surface area contributed by atoms with Crippen molar-refractivity contribution in [2.75, 3.05) is 26.7 Å². The highest BCUT2D eigenvalue weighted by atomic mass is 16.5. The summed E-state index contributed by atoms with van der Waals surface area (Å²) in [6.45, 7) is 3.47. The number of nitrogens with zero attached hydrogens (tertiary/aromatic N) is 2. The van der Waals surface area contributed by atoms with Crippen LogP contribution in [0.15, 0.2) is 4.99 Å². The molecule has 2 aliphatic heterocycles. The van der Waals surface area contributed by atoms with Crippen LogP contribution < -0.4 is 10.6 Å². The molecule has 140 valence electrons. The van der Waals surface area contributed by atoms with Gasteiger partial charge in [-0.05, 0) is 44.9 Å². The summed E-state index contributed by atoms with van der Waals surface area (Å²) in [5.41, 5.74) is 0.397. The number of hydrogen-bond donors (Lipinski definition) is 2. The van der Waals surface area contributed by atoms with E-state index in [0.29, 0.717) is 29.5 Å². The summed E-state index contributed by atoms with van der Waals surface area (Å²) < 4.78 is 6.12. The van der Waals surface area contributed by atoms with E-state index in [9.17, 15) is 0 Å². The molecule has 5 aliphatic rings. The third-order valence-corrected chi connectivity index (χ3v) is 7.74. The van der Waals surface area contributed by atoms with E-state index in [0.717, 1.165) is 18.6 Å². The SMILES string of the molecule is CN=C(NC1CCN(C2CC2)CC1)NC1C2CCOC2C12CCCC2. The molecule has 5 rings (SSSR count). The number of piperidine rings is 1. The average molecular weight is 347 g/mol. The van der Waals surface area contributed by atoms with Gasteiger partial charge in [0.05, 0.1) is 6.10 Å². The molecule has 3 saturated carbocycles. The van der Waals surface area contributed by atoms with Crippen LogP contribution in [0.25, 0.3) is 0 Å². The van der Waals surface area contributed by atoms with Gasteiger partial charge in [0.25, 0.3) is 0 Å². The van der Waals surface area contributed by atoms with Crippen LogP contribution in [0.5, 0.6) is 0 Å². The Morgan fingerprint density at radius 3 is 2.48 bits per heavy atom. The summed E-state index contributed by atoms with van der Waals surface area (Å²) in [6.07, 6.45) is 12.5. The lowest BCUT2D eigenvalue weighted by Crippen LogP contribution is -2.69. The molecule has 3 unspecified atom stereocenters. The summed E-state index contributed by atoms with van der Waals surface area (Å²) in [5.74, 6) is 1.74. The second-order valence-corrected chi connectivity index (χ2v) is 9.06. The Labute approximate surface area is 152 Å². The predicted octanol–water partition coefficient (Wildman–Crippen LogP) is 2.13. The summed E-state index contributed by atoms with van der Waals surface area (Å²) in [6, 6.07) is 2.06. The largest absolute Gasteiger partial charge is 0.377 e. The molecule has 0 aromatic heterocycles. The van der Waals surface area contributed by atoms with Gasteiger partial charge < -0.3 is 20.3 Å². The van der Waals surface area contributed by atoms with Crippen LogP contribution >= 0.6 is 0 Å². The van der Waals surface area contributed by atoms with Crippen molar-refractivity contribution in [3.05, 3.63) is 0 Å². The number of hydrogen-bond acceptors (Lipinski definition) is 3. The van der Waals surface area contributed by atoms with E-state index in [4.69, 9.17) is 4.74 Å². The third-order valence-electron chi connectivity index (χ3n) is 7.74. The molecule has 3 aliphatic carbocycles. The molecule has 0 radical (unpaired) electrons. The molecule has 5 heteroatoms. The lowest BCUT2D eigenvalue weighted by Gasteiger charge is -2.57. The number of nitrogens with one attached hydrogen (secondary N) is 2. The van der Waals surface area contributed by atoms with Gasteiger partial charge in [0.2, 0.25) is 0 Å². The van der Waals surface area contributed by atoms with Gasteiger partial charge in [-0.1, -0.05) is 12.8 Å². The molecule has 2 saturated heterocycles. The summed E-state index contributed by atoms with van der Waals surface area (Å²) in [7, 11) is 1.93. The lowest BCUT2D eigenvalue weighted by atomic mass is 9.54. The van der Waals surface area contributed by atoms with Crippen LogP contribution in [0.2, 0.25) is 0 Å². The monoisotopic (exact) mass is 346 g/mol. The van der Waals surface area contributed by atoms with Crippen molar-refractivity contribution in [3.8, 4) is 0 Å². The van der Waals surface area contributed by atoms with E-state index in [1.54, 1.807) is 0 Å². The second kappa shape index (κ2) is 6.41. The Morgan fingerprint density at radius 1 is 1.04 bits per heavy atom. The minimum absolute atomic E-state index is 0.397. The van der Waals surface area contributed by atoms with Crippen molar-refractivity contribution < 1.29 is 4.74 Å². The van der Waals surface area contributed by atoms with Crippen molar-refractivity contribution in [1.29, 1.82) is 0 Å². The van der Waals surface area contributed by atoms with Gasteiger partial charge in [-0.2, -0.15) is 0 Å². The fourth-order valence-corrected chi connectivity index (χ4v) is 6.26. The van der Waals surface area contributed by atoms with E-state index in [2.05, 4.69) is 20.5 Å². The van der Waals surface area contributed by atoms with Crippen molar-refractivity contribution in [1.82, 2.24) is 15.5 Å². The first-order chi connectivity index (χ1) is 12.3. The molecular weight excluding hydrogens is 312 g/mol. The Morgan fingerprint density at radius 2 is 1.80 bits per heavy atom. The molecule has 5 fully saturated rings. The Kier molecular flexibility index (Phi) is 4.20. The van der Waals surface area contributed by atoms with Crippen molar-refractivity contribution in [2.24, 2.45) is 16.3 Å². The quantitative estimate of drug-likeness (QED) is 0.607. The van der Waals surface area contributed by atoms with Crippen LogP contribution in [-0.2, 0) is 4.74 Å². The Bertz CT molecular complexity index is 518. The van der Waals surface area contributed by atoms with E-state index in [1.807, 2.05) is 7.05 Å². The molecule has 3 atom stereocenters. The van der Waals surface area contributed by atoms with Gasteiger partial charge in [-0.3, -0.25) is 4.99 Å². The van der Waals surface area contributed by atoms with Crippen LogP contribution in [0.1, 0.15) is 57.8 Å². The maximum absolute atomic E-state index is 6.12. The van der Waals surface area contributed by atoms with Gasteiger partial charge in [-0.15, -0.1) is 0 Å². The summed E-state index contributed by atoms with van der Waals surface area (Å²) in [5, 5.41) is 7.59. The fraction of sp³-hybridized carbons (Fsp3) is 0.950. The van der Waals surface area contributed by atoms with Gasteiger partial charge in [0.1, 0.15) is 0 Å². The average Bonchev–Trinajstić information content (AvgIpc) is 3.18. The van der Waals surface area contributed by atoms with Crippen molar-refractivity contribution >= 4 is 5.96 Å². The lowest BCUT2D eigenvalue weighted by molar-refractivity contribution is -0.125. The molecule has 25 heavy (non-hydrogen) atoms. The topological polar surface area (TPSA) is 48.9 Å². The number of likely N-dealkylation sites (tertiary alicyclic amines) is 1. The number of aliphatic imine (C=N–C) groups is 1. The zero-order valence-corrected chi connectivity index (χ0v) is 15.7.